The van der Waals surface area contributed by atoms with Gasteiger partial charge in [0, 0.05) is 24.5 Å². The molecule has 0 aliphatic rings. The van der Waals surface area contributed by atoms with Crippen LogP contribution in [0, 0.1) is 5.82 Å². The van der Waals surface area contributed by atoms with Gasteiger partial charge in [0.25, 0.3) is 0 Å². The molecule has 0 aliphatic heterocycles. The van der Waals surface area contributed by atoms with Gasteiger partial charge in [-0.25, -0.2) is 4.39 Å². The molecule has 0 saturated carbocycles. The highest BCUT2D eigenvalue weighted by Gasteiger charge is 2.16. The average molecular weight is 394 g/mol. The van der Waals surface area contributed by atoms with Crippen LogP contribution in [0.2, 0.25) is 5.02 Å². The topological polar surface area (TPSA) is 53.6 Å². The van der Waals surface area contributed by atoms with Crippen LogP contribution in [-0.2, 0) is 4.79 Å². The summed E-state index contributed by atoms with van der Waals surface area (Å²) in [6, 6.07) is 9.44. The van der Waals surface area contributed by atoms with Gasteiger partial charge in [-0.1, -0.05) is 11.6 Å². The Morgan fingerprint density at radius 3 is 2.37 bits per heavy atom. The molecular formula is C20H25ClFN3O2. The van der Waals surface area contributed by atoms with Crippen LogP contribution in [0.1, 0.15) is 20.8 Å². The van der Waals surface area contributed by atoms with Gasteiger partial charge in [-0.05, 0) is 57.2 Å². The zero-order chi connectivity index (χ0) is 20.1. The predicted molar refractivity (Wildman–Crippen MR) is 110 cm³/mol. The van der Waals surface area contributed by atoms with Gasteiger partial charge in [-0.3, -0.25) is 4.79 Å². The van der Waals surface area contributed by atoms with Crippen LogP contribution in [0.4, 0.5) is 21.5 Å². The van der Waals surface area contributed by atoms with Crippen LogP contribution in [-0.4, -0.2) is 32.1 Å². The van der Waals surface area contributed by atoms with Crippen LogP contribution < -0.4 is 20.3 Å². The molecule has 5 nitrogen and oxygen atoms in total. The molecule has 1 atom stereocenters. The highest BCUT2D eigenvalue weighted by molar-refractivity contribution is 6.32. The molecule has 0 radical (unpaired) electrons. The number of nitrogens with zero attached hydrogens (tertiary/aromatic N) is 1. The van der Waals surface area contributed by atoms with Gasteiger partial charge < -0.3 is 20.3 Å². The second kappa shape index (κ2) is 8.95. The van der Waals surface area contributed by atoms with Crippen molar-refractivity contribution in [1.29, 1.82) is 0 Å². The highest BCUT2D eigenvalue weighted by Crippen LogP contribution is 2.27. The summed E-state index contributed by atoms with van der Waals surface area (Å²) >= 11 is 6.06. The van der Waals surface area contributed by atoms with Crippen molar-refractivity contribution in [3.05, 3.63) is 47.2 Å². The number of anilines is 3. The molecule has 0 saturated heterocycles. The molecule has 1 amide bonds. The summed E-state index contributed by atoms with van der Waals surface area (Å²) in [5.74, 6) is -0.0754. The first kappa shape index (κ1) is 20.8. The summed E-state index contributed by atoms with van der Waals surface area (Å²) in [5.41, 5.74) is 1.60. The molecule has 0 aromatic heterocycles. The highest BCUT2D eigenvalue weighted by atomic mass is 35.5. The van der Waals surface area contributed by atoms with Crippen molar-refractivity contribution in [3.8, 4) is 5.75 Å². The van der Waals surface area contributed by atoms with Crippen LogP contribution >= 0.6 is 11.6 Å². The van der Waals surface area contributed by atoms with Gasteiger partial charge in [0.1, 0.15) is 17.6 Å². The van der Waals surface area contributed by atoms with E-state index in [1.165, 1.54) is 13.2 Å². The Bertz CT molecular complexity index is 814. The molecule has 2 N–H and O–H groups in total. The zero-order valence-corrected chi connectivity index (χ0v) is 16.9. The van der Waals surface area contributed by atoms with Crippen molar-refractivity contribution in [2.24, 2.45) is 0 Å². The zero-order valence-electron chi connectivity index (χ0n) is 16.1. The number of ether oxygens (including phenoxy) is 1. The molecule has 0 fully saturated rings. The maximum absolute atomic E-state index is 14.4. The Balaban J connectivity index is 2.03. The van der Waals surface area contributed by atoms with E-state index >= 15 is 0 Å². The number of amides is 1. The van der Waals surface area contributed by atoms with E-state index < -0.39 is 6.04 Å². The number of carbonyl (C=O) groups is 1. The van der Waals surface area contributed by atoms with E-state index in [0.717, 1.165) is 0 Å². The molecule has 2 aromatic carbocycles. The van der Waals surface area contributed by atoms with Crippen molar-refractivity contribution in [1.82, 2.24) is 0 Å². The largest absolute Gasteiger partial charge is 0.495 e. The van der Waals surface area contributed by atoms with Crippen LogP contribution in [0.15, 0.2) is 36.4 Å². The van der Waals surface area contributed by atoms with Crippen molar-refractivity contribution < 1.29 is 13.9 Å². The smallest absolute Gasteiger partial charge is 0.246 e. The summed E-state index contributed by atoms with van der Waals surface area (Å²) in [6.07, 6.45) is 0. The fraction of sp³-hybridized carbons (Fsp3) is 0.350. The van der Waals surface area contributed by atoms with E-state index in [4.69, 9.17) is 16.3 Å². The van der Waals surface area contributed by atoms with Crippen molar-refractivity contribution in [2.75, 3.05) is 29.7 Å². The predicted octanol–water partition coefficient (Wildman–Crippen LogP) is 4.77. The van der Waals surface area contributed by atoms with Gasteiger partial charge in [0.2, 0.25) is 5.91 Å². The van der Waals surface area contributed by atoms with E-state index in [1.807, 2.05) is 25.8 Å². The number of rotatable bonds is 7. The Kier molecular flexibility index (Phi) is 6.91. The third-order valence-corrected chi connectivity index (χ3v) is 4.59. The number of methoxy groups -OCH3 is 1. The summed E-state index contributed by atoms with van der Waals surface area (Å²) in [4.78, 5) is 14.2. The molecule has 1 unspecified atom stereocenters. The standard InChI is InChI=1S/C20H25ClFN3O2/c1-12(2)25(4)18-8-6-15(11-17(18)22)23-13(3)20(26)24-14-7-9-19(27-5)16(21)10-14/h6-13,23H,1-5H3,(H,24,26). The molecule has 0 aliphatic carbocycles. The molecule has 2 aromatic rings. The molecule has 7 heteroatoms. The summed E-state index contributed by atoms with van der Waals surface area (Å²) in [6.45, 7) is 5.68. The van der Waals surface area contributed by atoms with Gasteiger partial charge in [0.15, 0.2) is 0 Å². The third-order valence-electron chi connectivity index (χ3n) is 4.30. The lowest BCUT2D eigenvalue weighted by atomic mass is 10.2. The first-order valence-electron chi connectivity index (χ1n) is 8.66. The normalized spacial score (nSPS) is 11.9. The maximum Gasteiger partial charge on any atom is 0.246 e. The number of carbonyl (C=O) groups excluding carboxylic acids is 1. The van der Waals surface area contributed by atoms with E-state index in [9.17, 15) is 9.18 Å². The molecular weight excluding hydrogens is 369 g/mol. The lowest BCUT2D eigenvalue weighted by molar-refractivity contribution is -0.116. The molecule has 2 rings (SSSR count). The second-order valence-electron chi connectivity index (χ2n) is 6.58. The summed E-state index contributed by atoms with van der Waals surface area (Å²) in [5, 5.41) is 6.18. The first-order chi connectivity index (χ1) is 12.7. The Labute approximate surface area is 164 Å². The lowest BCUT2D eigenvalue weighted by Crippen LogP contribution is -2.32. The van der Waals surface area contributed by atoms with Crippen LogP contribution in [0.25, 0.3) is 0 Å². The number of hydrogen-bond donors (Lipinski definition) is 2. The Morgan fingerprint density at radius 2 is 1.81 bits per heavy atom. The fourth-order valence-electron chi connectivity index (χ4n) is 2.47. The third kappa shape index (κ3) is 5.26. The van der Waals surface area contributed by atoms with Gasteiger partial charge >= 0.3 is 0 Å². The number of halogens is 2. The minimum atomic E-state index is -0.570. The summed E-state index contributed by atoms with van der Waals surface area (Å²) in [7, 11) is 3.36. The Hall–Kier alpha value is -2.47. The SMILES string of the molecule is COc1ccc(NC(=O)C(C)Nc2ccc(N(C)C(C)C)c(F)c2)cc1Cl. The van der Waals surface area contributed by atoms with E-state index in [1.54, 1.807) is 37.3 Å². The van der Waals surface area contributed by atoms with E-state index in [0.29, 0.717) is 27.8 Å². The number of hydrogen-bond acceptors (Lipinski definition) is 4. The number of nitrogens with one attached hydrogen (secondary N) is 2. The van der Waals surface area contributed by atoms with Crippen molar-refractivity contribution in [2.45, 2.75) is 32.9 Å². The van der Waals surface area contributed by atoms with Crippen molar-refractivity contribution >= 4 is 34.6 Å². The molecule has 0 heterocycles. The minimum absolute atomic E-state index is 0.180. The second-order valence-corrected chi connectivity index (χ2v) is 6.98. The van der Waals surface area contributed by atoms with Crippen molar-refractivity contribution in [3.63, 3.8) is 0 Å². The quantitative estimate of drug-likeness (QED) is 0.711. The molecule has 146 valence electrons. The lowest BCUT2D eigenvalue weighted by Gasteiger charge is -2.25. The Morgan fingerprint density at radius 1 is 1.15 bits per heavy atom. The summed E-state index contributed by atoms with van der Waals surface area (Å²) < 4.78 is 19.5. The van der Waals surface area contributed by atoms with Gasteiger partial charge in [-0.15, -0.1) is 0 Å². The van der Waals surface area contributed by atoms with Crippen LogP contribution in [0.3, 0.4) is 0 Å². The molecule has 0 spiro atoms. The monoisotopic (exact) mass is 393 g/mol. The molecule has 27 heavy (non-hydrogen) atoms. The molecule has 0 bridgehead atoms. The van der Waals surface area contributed by atoms with E-state index in [2.05, 4.69) is 10.6 Å². The minimum Gasteiger partial charge on any atom is -0.495 e. The van der Waals surface area contributed by atoms with Crippen LogP contribution in [0.5, 0.6) is 5.75 Å². The van der Waals surface area contributed by atoms with E-state index in [-0.39, 0.29) is 17.8 Å². The van der Waals surface area contributed by atoms with Gasteiger partial charge in [0.05, 0.1) is 17.8 Å². The number of benzene rings is 2. The first-order valence-corrected chi connectivity index (χ1v) is 9.04. The fourth-order valence-corrected chi connectivity index (χ4v) is 2.73. The maximum atomic E-state index is 14.4. The average Bonchev–Trinajstić information content (AvgIpc) is 2.61. The van der Waals surface area contributed by atoms with Gasteiger partial charge in [-0.2, -0.15) is 0 Å².